The number of pyridine rings is 1. The van der Waals surface area contributed by atoms with E-state index in [4.69, 9.17) is 5.26 Å². The minimum atomic E-state index is -0.0602. The van der Waals surface area contributed by atoms with Crippen molar-refractivity contribution in [2.24, 2.45) is 0 Å². The number of hydrogen-bond acceptors (Lipinski definition) is 6. The van der Waals surface area contributed by atoms with Crippen molar-refractivity contribution >= 4 is 23.2 Å². The molecule has 1 aliphatic rings. The quantitative estimate of drug-likeness (QED) is 0.879. The van der Waals surface area contributed by atoms with Crippen LogP contribution in [-0.4, -0.2) is 47.1 Å². The van der Waals surface area contributed by atoms with E-state index in [1.54, 1.807) is 23.6 Å². The molecule has 0 unspecified atom stereocenters. The molecule has 1 saturated heterocycles. The maximum atomic E-state index is 12.4. The molecule has 0 aliphatic carbocycles. The van der Waals surface area contributed by atoms with Crippen LogP contribution in [0.4, 0.5) is 10.6 Å². The SMILES string of the molecule is CC(C)(C)c1csc(CNC(=O)N2CCN(c3ccc(C#N)cn3)CC2)n1. The molecular formula is C19H24N6OS. The van der Waals surface area contributed by atoms with Gasteiger partial charge in [0.25, 0.3) is 0 Å². The first kappa shape index (κ1) is 19.1. The number of piperazine rings is 1. The Kier molecular flexibility index (Phi) is 5.61. The Morgan fingerprint density at radius 3 is 2.59 bits per heavy atom. The molecule has 0 atom stereocenters. The standard InChI is InChI=1S/C19H24N6OS/c1-19(2,3)15-13-27-17(23-15)12-22-18(26)25-8-6-24(7-9-25)16-5-4-14(10-20)11-21-16/h4-5,11,13H,6-9,12H2,1-3H3,(H,22,26). The van der Waals surface area contributed by atoms with Crippen LogP contribution in [-0.2, 0) is 12.0 Å². The lowest BCUT2D eigenvalue weighted by Crippen LogP contribution is -2.51. The van der Waals surface area contributed by atoms with Crippen LogP contribution in [0.15, 0.2) is 23.7 Å². The summed E-state index contributed by atoms with van der Waals surface area (Å²) in [4.78, 5) is 25.3. The van der Waals surface area contributed by atoms with Gasteiger partial charge < -0.3 is 15.1 Å². The number of carbonyl (C=O) groups excluding carboxylic acids is 1. The number of hydrogen-bond donors (Lipinski definition) is 1. The van der Waals surface area contributed by atoms with E-state index in [9.17, 15) is 4.79 Å². The van der Waals surface area contributed by atoms with Crippen molar-refractivity contribution in [3.8, 4) is 6.07 Å². The largest absolute Gasteiger partial charge is 0.353 e. The molecule has 0 radical (unpaired) electrons. The van der Waals surface area contributed by atoms with Crippen molar-refractivity contribution < 1.29 is 4.79 Å². The van der Waals surface area contributed by atoms with Crippen LogP contribution < -0.4 is 10.2 Å². The van der Waals surface area contributed by atoms with E-state index in [1.165, 1.54) is 0 Å². The summed E-state index contributed by atoms with van der Waals surface area (Å²) in [5, 5.41) is 14.8. The fraction of sp³-hybridized carbons (Fsp3) is 0.474. The molecule has 142 valence electrons. The Labute approximate surface area is 163 Å². The Hall–Kier alpha value is -2.66. The Bertz CT molecular complexity index is 825. The average Bonchev–Trinajstić information content (AvgIpc) is 3.16. The number of nitriles is 1. The molecule has 2 aromatic heterocycles. The summed E-state index contributed by atoms with van der Waals surface area (Å²) >= 11 is 1.58. The number of rotatable bonds is 3. The maximum absolute atomic E-state index is 12.4. The van der Waals surface area contributed by atoms with Crippen molar-refractivity contribution in [2.45, 2.75) is 32.7 Å². The van der Waals surface area contributed by atoms with Crippen LogP contribution in [0.5, 0.6) is 0 Å². The summed E-state index contributed by atoms with van der Waals surface area (Å²) in [5.41, 5.74) is 1.63. The molecule has 2 aromatic rings. The first-order valence-corrected chi connectivity index (χ1v) is 9.83. The number of nitrogens with zero attached hydrogens (tertiary/aromatic N) is 5. The van der Waals surface area contributed by atoms with Gasteiger partial charge in [0.1, 0.15) is 16.9 Å². The summed E-state index contributed by atoms with van der Waals surface area (Å²) in [6, 6.07) is 5.63. The lowest BCUT2D eigenvalue weighted by atomic mass is 9.93. The molecule has 8 heteroatoms. The minimum absolute atomic E-state index is 0.0224. The van der Waals surface area contributed by atoms with Gasteiger partial charge in [0.05, 0.1) is 17.8 Å². The maximum Gasteiger partial charge on any atom is 0.317 e. The molecule has 0 spiro atoms. The lowest BCUT2D eigenvalue weighted by Gasteiger charge is -2.35. The summed E-state index contributed by atoms with van der Waals surface area (Å²) in [5.74, 6) is 0.839. The molecule has 3 rings (SSSR count). The zero-order chi connectivity index (χ0) is 19.4. The number of nitrogens with one attached hydrogen (secondary N) is 1. The monoisotopic (exact) mass is 384 g/mol. The summed E-state index contributed by atoms with van der Waals surface area (Å²) < 4.78 is 0. The van der Waals surface area contributed by atoms with Crippen LogP contribution in [0.2, 0.25) is 0 Å². The van der Waals surface area contributed by atoms with E-state index in [0.717, 1.165) is 29.6 Å². The fourth-order valence-electron chi connectivity index (χ4n) is 2.78. The highest BCUT2D eigenvalue weighted by molar-refractivity contribution is 7.09. The molecule has 1 N–H and O–H groups in total. The number of thiazole rings is 1. The van der Waals surface area contributed by atoms with E-state index >= 15 is 0 Å². The topological polar surface area (TPSA) is 85.2 Å². The molecule has 2 amide bonds. The Balaban J connectivity index is 1.48. The molecule has 3 heterocycles. The van der Waals surface area contributed by atoms with Gasteiger partial charge in [-0.15, -0.1) is 11.3 Å². The highest BCUT2D eigenvalue weighted by atomic mass is 32.1. The van der Waals surface area contributed by atoms with E-state index < -0.39 is 0 Å². The second-order valence-electron chi connectivity index (χ2n) is 7.53. The normalized spacial score (nSPS) is 14.7. The molecule has 1 fully saturated rings. The molecular weight excluding hydrogens is 360 g/mol. The van der Waals surface area contributed by atoms with E-state index in [1.807, 2.05) is 11.0 Å². The lowest BCUT2D eigenvalue weighted by molar-refractivity contribution is 0.194. The number of anilines is 1. The summed E-state index contributed by atoms with van der Waals surface area (Å²) in [7, 11) is 0. The highest BCUT2D eigenvalue weighted by Crippen LogP contribution is 2.23. The first-order valence-electron chi connectivity index (χ1n) is 8.95. The zero-order valence-corrected chi connectivity index (χ0v) is 16.7. The van der Waals surface area contributed by atoms with Gasteiger partial charge in [-0.1, -0.05) is 20.8 Å². The second-order valence-corrected chi connectivity index (χ2v) is 8.47. The Morgan fingerprint density at radius 2 is 2.04 bits per heavy atom. The third-order valence-electron chi connectivity index (χ3n) is 4.48. The van der Waals surface area contributed by atoms with E-state index in [2.05, 4.69) is 52.4 Å². The van der Waals surface area contributed by atoms with E-state index in [-0.39, 0.29) is 11.4 Å². The average molecular weight is 385 g/mol. The fourth-order valence-corrected chi connectivity index (χ4v) is 3.74. The van der Waals surface area contributed by atoms with Crippen molar-refractivity contribution in [2.75, 3.05) is 31.1 Å². The number of carbonyl (C=O) groups is 1. The van der Waals surface area contributed by atoms with Gasteiger partial charge in [0, 0.05) is 43.2 Å². The van der Waals surface area contributed by atoms with Crippen LogP contribution >= 0.6 is 11.3 Å². The van der Waals surface area contributed by atoms with Gasteiger partial charge in [-0.25, -0.2) is 14.8 Å². The van der Waals surface area contributed by atoms with Gasteiger partial charge in [-0.3, -0.25) is 0 Å². The first-order chi connectivity index (χ1) is 12.9. The van der Waals surface area contributed by atoms with Gasteiger partial charge in [-0.2, -0.15) is 5.26 Å². The van der Waals surface area contributed by atoms with Gasteiger partial charge in [0.15, 0.2) is 0 Å². The van der Waals surface area contributed by atoms with E-state index in [0.29, 0.717) is 25.2 Å². The third-order valence-corrected chi connectivity index (χ3v) is 5.33. The number of aromatic nitrogens is 2. The predicted molar refractivity (Wildman–Crippen MR) is 106 cm³/mol. The molecule has 0 bridgehead atoms. The molecule has 0 aromatic carbocycles. The molecule has 27 heavy (non-hydrogen) atoms. The van der Waals surface area contributed by atoms with Crippen LogP contribution in [0, 0.1) is 11.3 Å². The van der Waals surface area contributed by atoms with Crippen molar-refractivity contribution in [3.63, 3.8) is 0 Å². The smallest absolute Gasteiger partial charge is 0.317 e. The summed E-state index contributed by atoms with van der Waals surface area (Å²) in [6.07, 6.45) is 1.58. The van der Waals surface area contributed by atoms with Crippen molar-refractivity contribution in [3.05, 3.63) is 40.0 Å². The third kappa shape index (κ3) is 4.74. The molecule has 0 saturated carbocycles. The predicted octanol–water partition coefficient (Wildman–Crippen LogP) is 2.74. The highest BCUT2D eigenvalue weighted by Gasteiger charge is 2.22. The van der Waals surface area contributed by atoms with Crippen molar-refractivity contribution in [1.29, 1.82) is 5.26 Å². The minimum Gasteiger partial charge on any atom is -0.353 e. The number of amides is 2. The summed E-state index contributed by atoms with van der Waals surface area (Å²) in [6.45, 7) is 9.57. The Morgan fingerprint density at radius 1 is 1.30 bits per heavy atom. The van der Waals surface area contributed by atoms with Crippen molar-refractivity contribution in [1.82, 2.24) is 20.2 Å². The van der Waals surface area contributed by atoms with Crippen LogP contribution in [0.3, 0.4) is 0 Å². The van der Waals surface area contributed by atoms with Crippen LogP contribution in [0.1, 0.15) is 37.0 Å². The van der Waals surface area contributed by atoms with Gasteiger partial charge in [0.2, 0.25) is 0 Å². The van der Waals surface area contributed by atoms with Crippen LogP contribution in [0.25, 0.3) is 0 Å². The molecule has 1 aliphatic heterocycles. The molecule has 7 nitrogen and oxygen atoms in total. The zero-order valence-electron chi connectivity index (χ0n) is 15.9. The second kappa shape index (κ2) is 7.92. The van der Waals surface area contributed by atoms with Gasteiger partial charge >= 0.3 is 6.03 Å². The number of urea groups is 1. The van der Waals surface area contributed by atoms with Gasteiger partial charge in [-0.05, 0) is 12.1 Å².